The highest BCUT2D eigenvalue weighted by atomic mass is 16.2. The summed E-state index contributed by atoms with van der Waals surface area (Å²) in [6.45, 7) is 0.466. The van der Waals surface area contributed by atoms with E-state index in [1.54, 1.807) is 26.2 Å². The van der Waals surface area contributed by atoms with Gasteiger partial charge in [-0.25, -0.2) is 4.52 Å². The van der Waals surface area contributed by atoms with E-state index in [9.17, 15) is 9.59 Å². The van der Waals surface area contributed by atoms with Crippen LogP contribution < -0.4 is 5.32 Å². The van der Waals surface area contributed by atoms with Gasteiger partial charge >= 0.3 is 0 Å². The predicted octanol–water partition coefficient (Wildman–Crippen LogP) is 3.18. The molecule has 0 spiro atoms. The monoisotopic (exact) mass is 429 g/mol. The predicted molar refractivity (Wildman–Crippen MR) is 124 cm³/mol. The molecule has 164 valence electrons. The average Bonchev–Trinajstić information content (AvgIpc) is 3.44. The first-order valence-electron chi connectivity index (χ1n) is 10.7. The summed E-state index contributed by atoms with van der Waals surface area (Å²) in [6, 6.07) is 19.3. The lowest BCUT2D eigenvalue weighted by Crippen LogP contribution is -2.41. The van der Waals surface area contributed by atoms with Crippen LogP contribution in [0.4, 0.5) is 0 Å². The molecule has 3 aromatic heterocycles. The maximum atomic E-state index is 13.4. The van der Waals surface area contributed by atoms with Gasteiger partial charge in [-0.15, -0.1) is 0 Å². The minimum absolute atomic E-state index is 0.0825. The standard InChI is InChI=1S/C25H27N5O2/c1-28-15-8-12-23(28)24(31)26-14-13-20(17-19-9-4-3-5-10-19)29(2)25(32)21-18-27-30-16-7-6-11-22(21)30/h3-12,15-16,18,20H,13-14,17H2,1-2H3,(H,26,31). The van der Waals surface area contributed by atoms with Gasteiger partial charge in [-0.1, -0.05) is 36.4 Å². The van der Waals surface area contributed by atoms with Crippen LogP contribution in [0.3, 0.4) is 0 Å². The highest BCUT2D eigenvalue weighted by molar-refractivity contribution is 6.00. The Morgan fingerprint density at radius 2 is 1.81 bits per heavy atom. The normalized spacial score (nSPS) is 11.9. The van der Waals surface area contributed by atoms with E-state index < -0.39 is 0 Å². The summed E-state index contributed by atoms with van der Waals surface area (Å²) in [5.41, 5.74) is 3.10. The van der Waals surface area contributed by atoms with Crippen molar-refractivity contribution in [1.82, 2.24) is 24.4 Å². The van der Waals surface area contributed by atoms with Gasteiger partial charge in [0.2, 0.25) is 0 Å². The Balaban J connectivity index is 1.49. The van der Waals surface area contributed by atoms with E-state index in [-0.39, 0.29) is 17.9 Å². The number of fused-ring (bicyclic) bond motifs is 1. The van der Waals surface area contributed by atoms with Gasteiger partial charge < -0.3 is 14.8 Å². The van der Waals surface area contributed by atoms with Gasteiger partial charge in [0.1, 0.15) is 5.69 Å². The van der Waals surface area contributed by atoms with Crippen molar-refractivity contribution in [2.24, 2.45) is 7.05 Å². The molecule has 1 aromatic carbocycles. The van der Waals surface area contributed by atoms with Crippen LogP contribution in [0.1, 0.15) is 32.8 Å². The summed E-state index contributed by atoms with van der Waals surface area (Å²) in [7, 11) is 3.66. The fraction of sp³-hybridized carbons (Fsp3) is 0.240. The van der Waals surface area contributed by atoms with Crippen LogP contribution in [0.25, 0.3) is 5.52 Å². The first kappa shape index (κ1) is 21.4. The Hall–Kier alpha value is -3.87. The smallest absolute Gasteiger partial charge is 0.267 e. The highest BCUT2D eigenvalue weighted by Crippen LogP contribution is 2.17. The summed E-state index contributed by atoms with van der Waals surface area (Å²) in [5.74, 6) is -0.200. The summed E-state index contributed by atoms with van der Waals surface area (Å²) < 4.78 is 3.49. The zero-order valence-corrected chi connectivity index (χ0v) is 18.3. The molecule has 32 heavy (non-hydrogen) atoms. The second-order valence-electron chi connectivity index (χ2n) is 7.90. The number of hydrogen-bond donors (Lipinski definition) is 1. The van der Waals surface area contributed by atoms with Crippen molar-refractivity contribution in [3.63, 3.8) is 0 Å². The molecule has 2 amide bonds. The first-order valence-corrected chi connectivity index (χ1v) is 10.7. The number of rotatable bonds is 8. The third-order valence-electron chi connectivity index (χ3n) is 5.78. The molecule has 0 saturated carbocycles. The molecule has 0 saturated heterocycles. The maximum Gasteiger partial charge on any atom is 0.267 e. The molecule has 3 heterocycles. The largest absolute Gasteiger partial charge is 0.351 e. The van der Waals surface area contributed by atoms with Crippen molar-refractivity contribution in [2.45, 2.75) is 18.9 Å². The van der Waals surface area contributed by atoms with Crippen LogP contribution in [-0.4, -0.2) is 50.5 Å². The number of hydrogen-bond acceptors (Lipinski definition) is 3. The fourth-order valence-corrected chi connectivity index (χ4v) is 3.91. The van der Waals surface area contributed by atoms with E-state index >= 15 is 0 Å². The summed E-state index contributed by atoms with van der Waals surface area (Å²) in [5, 5.41) is 7.28. The van der Waals surface area contributed by atoms with E-state index in [2.05, 4.69) is 22.5 Å². The number of carbonyl (C=O) groups is 2. The zero-order valence-electron chi connectivity index (χ0n) is 18.3. The Bertz CT molecular complexity index is 1210. The molecule has 7 heteroatoms. The molecule has 0 aliphatic heterocycles. The number of benzene rings is 1. The zero-order chi connectivity index (χ0) is 22.5. The lowest BCUT2D eigenvalue weighted by molar-refractivity contribution is 0.0724. The van der Waals surface area contributed by atoms with Crippen molar-refractivity contribution >= 4 is 17.3 Å². The number of carbonyl (C=O) groups excluding carboxylic acids is 2. The van der Waals surface area contributed by atoms with E-state index in [4.69, 9.17) is 0 Å². The van der Waals surface area contributed by atoms with Gasteiger partial charge in [-0.2, -0.15) is 5.10 Å². The Labute approximate surface area is 187 Å². The number of aryl methyl sites for hydroxylation is 1. The summed E-state index contributed by atoms with van der Waals surface area (Å²) in [4.78, 5) is 27.6. The van der Waals surface area contributed by atoms with E-state index in [1.165, 1.54) is 0 Å². The van der Waals surface area contributed by atoms with Crippen LogP contribution in [0.5, 0.6) is 0 Å². The third-order valence-corrected chi connectivity index (χ3v) is 5.78. The lowest BCUT2D eigenvalue weighted by Gasteiger charge is -2.28. The van der Waals surface area contributed by atoms with Gasteiger partial charge in [-0.05, 0) is 42.7 Å². The van der Waals surface area contributed by atoms with Crippen molar-refractivity contribution < 1.29 is 9.59 Å². The van der Waals surface area contributed by atoms with Crippen LogP contribution in [0.15, 0.2) is 79.3 Å². The van der Waals surface area contributed by atoms with Gasteiger partial charge in [0, 0.05) is 39.1 Å². The second kappa shape index (κ2) is 9.51. The van der Waals surface area contributed by atoms with Crippen molar-refractivity contribution in [3.05, 3.63) is 96.1 Å². The molecule has 1 atom stereocenters. The number of pyridine rings is 1. The molecule has 0 radical (unpaired) electrons. The summed E-state index contributed by atoms with van der Waals surface area (Å²) in [6.07, 6.45) is 6.61. The van der Waals surface area contributed by atoms with Gasteiger partial charge in [-0.3, -0.25) is 9.59 Å². The van der Waals surface area contributed by atoms with Crippen LogP contribution in [0.2, 0.25) is 0 Å². The van der Waals surface area contributed by atoms with Gasteiger partial charge in [0.15, 0.2) is 0 Å². The molecule has 0 bridgehead atoms. The minimum atomic E-state index is -0.118. The topological polar surface area (TPSA) is 71.6 Å². The maximum absolute atomic E-state index is 13.4. The molecule has 1 N–H and O–H groups in total. The van der Waals surface area contributed by atoms with Crippen LogP contribution in [0, 0.1) is 0 Å². The first-order chi connectivity index (χ1) is 15.5. The molecule has 0 aliphatic rings. The second-order valence-corrected chi connectivity index (χ2v) is 7.90. The van der Waals surface area contributed by atoms with Crippen molar-refractivity contribution in [2.75, 3.05) is 13.6 Å². The number of amides is 2. The molecular weight excluding hydrogens is 402 g/mol. The quantitative estimate of drug-likeness (QED) is 0.468. The molecular formula is C25H27N5O2. The van der Waals surface area contributed by atoms with Crippen molar-refractivity contribution in [1.29, 1.82) is 0 Å². The number of nitrogens with one attached hydrogen (secondary N) is 1. The van der Waals surface area contributed by atoms with Gasteiger partial charge in [0.25, 0.3) is 11.8 Å². The third kappa shape index (κ3) is 4.56. The molecule has 7 nitrogen and oxygen atoms in total. The number of aromatic nitrogens is 3. The average molecular weight is 430 g/mol. The lowest BCUT2D eigenvalue weighted by atomic mass is 10.0. The molecule has 0 fully saturated rings. The summed E-state index contributed by atoms with van der Waals surface area (Å²) >= 11 is 0. The van der Waals surface area contributed by atoms with E-state index in [0.29, 0.717) is 30.6 Å². The molecule has 1 unspecified atom stereocenters. The highest BCUT2D eigenvalue weighted by Gasteiger charge is 2.24. The van der Waals surface area contributed by atoms with E-state index in [1.807, 2.05) is 69.0 Å². The fourth-order valence-electron chi connectivity index (χ4n) is 3.91. The Morgan fingerprint density at radius 3 is 2.56 bits per heavy atom. The molecule has 0 aliphatic carbocycles. The van der Waals surface area contributed by atoms with Gasteiger partial charge in [0.05, 0.1) is 17.3 Å². The Kier molecular flexibility index (Phi) is 6.35. The Morgan fingerprint density at radius 1 is 1.03 bits per heavy atom. The SMILES string of the molecule is CN(C(=O)c1cnn2ccccc12)C(CCNC(=O)c1cccn1C)Cc1ccccc1. The molecule has 4 rings (SSSR count). The molecule has 4 aromatic rings. The van der Waals surface area contributed by atoms with Crippen LogP contribution in [-0.2, 0) is 13.5 Å². The van der Waals surface area contributed by atoms with Crippen molar-refractivity contribution in [3.8, 4) is 0 Å². The minimum Gasteiger partial charge on any atom is -0.351 e. The van der Waals surface area contributed by atoms with Crippen LogP contribution >= 0.6 is 0 Å². The number of nitrogens with zero attached hydrogens (tertiary/aromatic N) is 4. The van der Waals surface area contributed by atoms with E-state index in [0.717, 1.165) is 11.1 Å². The number of likely N-dealkylation sites (N-methyl/N-ethyl adjacent to an activating group) is 1.